The lowest BCUT2D eigenvalue weighted by Crippen LogP contribution is -2.39. The molecule has 0 saturated carbocycles. The molecule has 0 radical (unpaired) electrons. The molecule has 1 fully saturated rings. The van der Waals surface area contributed by atoms with Gasteiger partial charge in [-0.3, -0.25) is 23.6 Å². The van der Waals surface area contributed by atoms with Crippen molar-refractivity contribution < 1.29 is 19.8 Å². The van der Waals surface area contributed by atoms with Crippen LogP contribution in [0.3, 0.4) is 0 Å². The molecule has 5 rings (SSSR count). The number of imidazole rings is 1. The molecule has 36 heavy (non-hydrogen) atoms. The van der Waals surface area contributed by atoms with E-state index in [-0.39, 0.29) is 43.2 Å². The molecule has 0 bridgehead atoms. The smallest absolute Gasteiger partial charge is 0.331 e. The van der Waals surface area contributed by atoms with Gasteiger partial charge in [0.05, 0.1) is 35.1 Å². The summed E-state index contributed by atoms with van der Waals surface area (Å²) < 4.78 is 4.35. The lowest BCUT2D eigenvalue weighted by atomic mass is 10.1. The SMILES string of the molecule is CC(C)Cn1c(=O)n(C)c(=O)c2c(C(=O)N3C[C@H](O)CO3)c(Cn3c(CO)nc4ccccc43)sc21. The summed E-state index contributed by atoms with van der Waals surface area (Å²) in [7, 11) is 1.40. The molecule has 4 aromatic rings. The third-order valence-electron chi connectivity index (χ3n) is 6.21. The highest BCUT2D eigenvalue weighted by atomic mass is 32.1. The van der Waals surface area contributed by atoms with Crippen LogP contribution in [0, 0.1) is 5.92 Å². The van der Waals surface area contributed by atoms with Gasteiger partial charge in [0.2, 0.25) is 0 Å². The maximum absolute atomic E-state index is 13.7. The Labute approximate surface area is 209 Å². The van der Waals surface area contributed by atoms with E-state index in [0.717, 1.165) is 15.1 Å². The van der Waals surface area contributed by atoms with Crippen LogP contribution in [0.1, 0.15) is 34.9 Å². The van der Waals surface area contributed by atoms with E-state index >= 15 is 0 Å². The zero-order valence-electron chi connectivity index (χ0n) is 20.2. The fourth-order valence-electron chi connectivity index (χ4n) is 4.54. The number of hydroxylamine groups is 2. The molecule has 4 heterocycles. The molecule has 3 aromatic heterocycles. The molecule has 1 aliphatic heterocycles. The first-order valence-electron chi connectivity index (χ1n) is 11.6. The quantitative estimate of drug-likeness (QED) is 0.394. The van der Waals surface area contributed by atoms with Gasteiger partial charge >= 0.3 is 5.69 Å². The lowest BCUT2D eigenvalue weighted by Gasteiger charge is -2.16. The molecule has 1 atom stereocenters. The highest BCUT2D eigenvalue weighted by Crippen LogP contribution is 2.33. The number of para-hydroxylation sites is 2. The predicted molar refractivity (Wildman–Crippen MR) is 134 cm³/mol. The second-order valence-electron chi connectivity index (χ2n) is 9.31. The summed E-state index contributed by atoms with van der Waals surface area (Å²) in [6.07, 6.45) is -0.831. The van der Waals surface area contributed by atoms with Crippen LogP contribution in [0.4, 0.5) is 0 Å². The van der Waals surface area contributed by atoms with Crippen molar-refractivity contribution in [2.45, 2.75) is 39.6 Å². The first kappa shape index (κ1) is 24.4. The highest BCUT2D eigenvalue weighted by molar-refractivity contribution is 7.19. The molecule has 1 amide bonds. The van der Waals surface area contributed by atoms with Crippen LogP contribution in [0.25, 0.3) is 21.3 Å². The summed E-state index contributed by atoms with van der Waals surface area (Å²) in [5, 5.41) is 21.1. The zero-order chi connectivity index (χ0) is 25.7. The molecule has 0 spiro atoms. The van der Waals surface area contributed by atoms with Crippen LogP contribution < -0.4 is 11.2 Å². The van der Waals surface area contributed by atoms with Gasteiger partial charge in [-0.15, -0.1) is 11.3 Å². The Morgan fingerprint density at radius 3 is 2.67 bits per heavy atom. The van der Waals surface area contributed by atoms with E-state index in [0.29, 0.717) is 27.6 Å². The van der Waals surface area contributed by atoms with Gasteiger partial charge in [0, 0.05) is 18.5 Å². The van der Waals surface area contributed by atoms with Crippen molar-refractivity contribution in [3.63, 3.8) is 0 Å². The van der Waals surface area contributed by atoms with Crippen molar-refractivity contribution in [1.29, 1.82) is 0 Å². The average molecular weight is 514 g/mol. The normalized spacial score (nSPS) is 16.2. The third-order valence-corrected chi connectivity index (χ3v) is 7.41. The Morgan fingerprint density at radius 2 is 2.00 bits per heavy atom. The molecular weight excluding hydrogens is 486 g/mol. The second kappa shape index (κ2) is 9.28. The van der Waals surface area contributed by atoms with E-state index in [1.807, 2.05) is 38.1 Å². The van der Waals surface area contributed by atoms with Crippen molar-refractivity contribution in [2.75, 3.05) is 13.2 Å². The molecule has 2 N–H and O–H groups in total. The van der Waals surface area contributed by atoms with Crippen molar-refractivity contribution in [3.05, 3.63) is 61.4 Å². The molecule has 190 valence electrons. The molecule has 12 heteroatoms. The van der Waals surface area contributed by atoms with Crippen molar-refractivity contribution in [2.24, 2.45) is 13.0 Å². The summed E-state index contributed by atoms with van der Waals surface area (Å²) in [6, 6.07) is 7.40. The second-order valence-corrected chi connectivity index (χ2v) is 10.4. The number of aliphatic hydroxyl groups is 2. The number of aliphatic hydroxyl groups excluding tert-OH is 2. The topological polar surface area (TPSA) is 132 Å². The lowest BCUT2D eigenvalue weighted by molar-refractivity contribution is -0.0778. The number of nitrogens with zero attached hydrogens (tertiary/aromatic N) is 5. The summed E-state index contributed by atoms with van der Waals surface area (Å²) in [6.45, 7) is 4.07. The van der Waals surface area contributed by atoms with E-state index < -0.39 is 23.3 Å². The van der Waals surface area contributed by atoms with Crippen LogP contribution in [-0.2, 0) is 31.6 Å². The maximum atomic E-state index is 13.7. The highest BCUT2D eigenvalue weighted by Gasteiger charge is 2.33. The van der Waals surface area contributed by atoms with E-state index in [9.17, 15) is 24.6 Å². The number of carbonyl (C=O) groups excluding carboxylic acids is 1. The number of thiophene rings is 1. The van der Waals surface area contributed by atoms with Gasteiger partial charge in [0.25, 0.3) is 11.5 Å². The molecule has 11 nitrogen and oxygen atoms in total. The Bertz CT molecular complexity index is 1600. The summed E-state index contributed by atoms with van der Waals surface area (Å²) in [5.41, 5.74) is 0.555. The van der Waals surface area contributed by atoms with Gasteiger partial charge in [0.15, 0.2) is 0 Å². The van der Waals surface area contributed by atoms with Gasteiger partial charge < -0.3 is 14.8 Å². The molecule has 1 aromatic carbocycles. The number of rotatable bonds is 6. The van der Waals surface area contributed by atoms with Crippen molar-refractivity contribution in [1.82, 2.24) is 23.7 Å². The summed E-state index contributed by atoms with van der Waals surface area (Å²) in [5.74, 6) is -0.0364. The molecular formula is C24H27N5O6S. The van der Waals surface area contributed by atoms with Gasteiger partial charge in [-0.1, -0.05) is 26.0 Å². The molecule has 1 saturated heterocycles. The Hall–Kier alpha value is -3.32. The largest absolute Gasteiger partial charge is 0.389 e. The van der Waals surface area contributed by atoms with Gasteiger partial charge in [0.1, 0.15) is 30.0 Å². The van der Waals surface area contributed by atoms with Crippen molar-refractivity contribution >= 4 is 38.5 Å². The number of fused-ring (bicyclic) bond motifs is 2. The standard InChI is InChI=1S/C24H27N5O6S/c1-13(2)8-28-23-20(21(32)26(3)24(28)34)19(22(33)29-9-14(31)12-35-29)17(36-23)10-27-16-7-5-4-6-15(16)25-18(27)11-30/h4-7,13-14,30-31H,8-12H2,1-3H3/t14-/m0/s1. The predicted octanol–water partition coefficient (Wildman–Crippen LogP) is 1.06. The summed E-state index contributed by atoms with van der Waals surface area (Å²) >= 11 is 1.20. The number of carbonyl (C=O) groups is 1. The number of hydrogen-bond acceptors (Lipinski definition) is 8. The van der Waals surface area contributed by atoms with Crippen LogP contribution >= 0.6 is 11.3 Å². The minimum atomic E-state index is -0.831. The minimum Gasteiger partial charge on any atom is -0.389 e. The van der Waals surface area contributed by atoms with Crippen molar-refractivity contribution in [3.8, 4) is 0 Å². The van der Waals surface area contributed by atoms with E-state index in [2.05, 4.69) is 4.98 Å². The van der Waals surface area contributed by atoms with E-state index in [1.165, 1.54) is 23.0 Å². The van der Waals surface area contributed by atoms with Crippen LogP contribution in [0.2, 0.25) is 0 Å². The average Bonchev–Trinajstić information content (AvgIpc) is 3.55. The number of aromatic nitrogens is 4. The van der Waals surface area contributed by atoms with Crippen LogP contribution in [0.5, 0.6) is 0 Å². The first-order valence-corrected chi connectivity index (χ1v) is 12.5. The van der Waals surface area contributed by atoms with Gasteiger partial charge in [-0.25, -0.2) is 14.8 Å². The zero-order valence-corrected chi connectivity index (χ0v) is 21.0. The van der Waals surface area contributed by atoms with Gasteiger partial charge in [-0.05, 0) is 18.1 Å². The molecule has 0 unspecified atom stereocenters. The number of amides is 1. The number of benzene rings is 1. The minimum absolute atomic E-state index is 0.0277. The Balaban J connectivity index is 1.79. The Kier molecular flexibility index (Phi) is 6.29. The number of hydrogen-bond donors (Lipinski definition) is 2. The van der Waals surface area contributed by atoms with E-state index in [4.69, 9.17) is 4.84 Å². The fourth-order valence-corrected chi connectivity index (χ4v) is 5.82. The molecule has 1 aliphatic rings. The summed E-state index contributed by atoms with van der Waals surface area (Å²) in [4.78, 5) is 51.0. The van der Waals surface area contributed by atoms with Crippen LogP contribution in [-0.4, -0.2) is 59.1 Å². The monoisotopic (exact) mass is 513 g/mol. The fraction of sp³-hybridized carbons (Fsp3) is 0.417. The van der Waals surface area contributed by atoms with Crippen LogP contribution in [0.15, 0.2) is 33.9 Å². The van der Waals surface area contributed by atoms with E-state index in [1.54, 1.807) is 4.57 Å². The Morgan fingerprint density at radius 1 is 1.25 bits per heavy atom. The maximum Gasteiger partial charge on any atom is 0.331 e. The van der Waals surface area contributed by atoms with Gasteiger partial charge in [-0.2, -0.15) is 0 Å². The number of β-amino-alcohol motifs (C(OH)–C–C–N with tert-alkyl or cyclic N) is 1. The first-order chi connectivity index (χ1) is 17.2. The molecule has 0 aliphatic carbocycles. The third kappa shape index (κ3) is 3.95.